The molecule has 0 aliphatic carbocycles. The molecule has 0 radical (unpaired) electrons. The molecule has 0 spiro atoms. The van der Waals surface area contributed by atoms with Crippen molar-refractivity contribution in [1.82, 2.24) is 0 Å². The zero-order valence-corrected chi connectivity index (χ0v) is 18.7. The Bertz CT molecular complexity index is 1170. The number of hydrogen-bond donors (Lipinski definition) is 2. The molecule has 13 heteroatoms. The number of amides is 1. The predicted octanol–water partition coefficient (Wildman–Crippen LogP) is 6.99. The van der Waals surface area contributed by atoms with Gasteiger partial charge in [0.15, 0.2) is 11.5 Å². The topological polar surface area (TPSA) is 115 Å². The number of rotatable bonds is 6. The van der Waals surface area contributed by atoms with E-state index in [-0.39, 0.29) is 60.4 Å². The number of nitrogens with one attached hydrogen (secondary N) is 1. The Labute approximate surface area is 199 Å². The summed E-state index contributed by atoms with van der Waals surface area (Å²) in [6.07, 6.45) is 0. The van der Waals surface area contributed by atoms with Crippen molar-refractivity contribution >= 4 is 75.3 Å². The first kappa shape index (κ1) is 23.3. The third-order valence-corrected chi connectivity index (χ3v) is 6.10. The molecule has 0 bridgehead atoms. The van der Waals surface area contributed by atoms with E-state index in [0.29, 0.717) is 0 Å². The van der Waals surface area contributed by atoms with Crippen LogP contribution in [0.2, 0.25) is 25.1 Å². The summed E-state index contributed by atoms with van der Waals surface area (Å²) in [6, 6.07) is 6.06. The lowest BCUT2D eigenvalue weighted by atomic mass is 10.2. The highest BCUT2D eigenvalue weighted by atomic mass is 35.5. The Balaban J connectivity index is 1.71. The minimum atomic E-state index is -0.705. The lowest BCUT2D eigenvalue weighted by Crippen LogP contribution is -2.11. The molecule has 3 rings (SSSR count). The molecule has 0 aliphatic heterocycles. The number of carbonyl (C=O) groups is 1. The number of nitro groups is 1. The van der Waals surface area contributed by atoms with Crippen LogP contribution in [-0.2, 0) is 6.61 Å². The SMILES string of the molecule is O=C(Nc1ccc([N+](=O)[O-])cc1O)c1ccc(COc2c(Cl)c(Cl)c(Cl)c(Cl)c2Cl)o1. The average Bonchev–Trinajstić information content (AvgIpc) is 3.21. The van der Waals surface area contributed by atoms with Gasteiger partial charge in [0, 0.05) is 6.07 Å². The number of nitrogens with zero attached hydrogens (tertiary/aromatic N) is 1. The Morgan fingerprint density at radius 1 is 1.03 bits per heavy atom. The minimum absolute atomic E-state index is 0.0130. The second kappa shape index (κ2) is 9.42. The Kier molecular flexibility index (Phi) is 7.08. The number of anilines is 1. The molecule has 0 atom stereocenters. The molecule has 3 aromatic rings. The molecule has 1 aromatic heterocycles. The van der Waals surface area contributed by atoms with Crippen molar-refractivity contribution in [2.45, 2.75) is 6.61 Å². The summed E-state index contributed by atoms with van der Waals surface area (Å²) in [4.78, 5) is 22.4. The van der Waals surface area contributed by atoms with Crippen LogP contribution >= 0.6 is 58.0 Å². The molecule has 2 N–H and O–H groups in total. The van der Waals surface area contributed by atoms with E-state index in [9.17, 15) is 20.0 Å². The van der Waals surface area contributed by atoms with Gasteiger partial charge in [-0.3, -0.25) is 14.9 Å². The summed E-state index contributed by atoms with van der Waals surface area (Å²) in [5.41, 5.74) is -0.360. The maximum absolute atomic E-state index is 12.3. The highest BCUT2D eigenvalue weighted by molar-refractivity contribution is 6.55. The van der Waals surface area contributed by atoms with Crippen LogP contribution in [0.5, 0.6) is 11.5 Å². The summed E-state index contributed by atoms with van der Waals surface area (Å²) in [7, 11) is 0. The average molecular weight is 527 g/mol. The third kappa shape index (κ3) is 4.94. The van der Waals surface area contributed by atoms with Crippen LogP contribution < -0.4 is 10.1 Å². The molecule has 2 aromatic carbocycles. The second-order valence-corrected chi connectivity index (χ2v) is 7.76. The van der Waals surface area contributed by atoms with E-state index in [1.165, 1.54) is 18.2 Å². The Hall–Kier alpha value is -2.36. The number of furan rings is 1. The number of hydrogen-bond acceptors (Lipinski definition) is 6. The van der Waals surface area contributed by atoms with Crippen molar-refractivity contribution in [3.05, 3.63) is 77.1 Å². The fourth-order valence-corrected chi connectivity index (χ4v) is 3.59. The molecule has 0 fully saturated rings. The quantitative estimate of drug-likeness (QED) is 0.118. The molecule has 31 heavy (non-hydrogen) atoms. The second-order valence-electron chi connectivity index (χ2n) is 5.87. The molecule has 1 amide bonds. The van der Waals surface area contributed by atoms with Gasteiger partial charge in [-0.05, 0) is 18.2 Å². The maximum Gasteiger partial charge on any atom is 0.291 e. The van der Waals surface area contributed by atoms with Crippen molar-refractivity contribution in [2.24, 2.45) is 0 Å². The van der Waals surface area contributed by atoms with Gasteiger partial charge in [0.2, 0.25) is 0 Å². The van der Waals surface area contributed by atoms with Crippen molar-refractivity contribution < 1.29 is 24.0 Å². The summed E-state index contributed by atoms with van der Waals surface area (Å²) in [6.45, 7) is -0.177. The van der Waals surface area contributed by atoms with Gasteiger partial charge in [-0.15, -0.1) is 0 Å². The first-order valence-electron chi connectivity index (χ1n) is 8.11. The van der Waals surface area contributed by atoms with Crippen molar-refractivity contribution in [1.29, 1.82) is 0 Å². The number of ether oxygens (including phenoxy) is 1. The molecule has 0 aliphatic rings. The van der Waals surface area contributed by atoms with E-state index in [4.69, 9.17) is 67.2 Å². The summed E-state index contributed by atoms with van der Waals surface area (Å²) in [5.74, 6) is -1.07. The van der Waals surface area contributed by atoms with Gasteiger partial charge in [-0.25, -0.2) is 0 Å². The third-order valence-electron chi connectivity index (χ3n) is 3.85. The fourth-order valence-electron chi connectivity index (χ4n) is 2.36. The summed E-state index contributed by atoms with van der Waals surface area (Å²) < 4.78 is 10.9. The number of benzene rings is 2. The summed E-state index contributed by atoms with van der Waals surface area (Å²) >= 11 is 30.1. The number of nitro benzene ring substituents is 1. The highest BCUT2D eigenvalue weighted by Gasteiger charge is 2.21. The van der Waals surface area contributed by atoms with Crippen LogP contribution in [0.4, 0.5) is 11.4 Å². The van der Waals surface area contributed by atoms with E-state index >= 15 is 0 Å². The first-order valence-corrected chi connectivity index (χ1v) is 10.0. The van der Waals surface area contributed by atoms with Gasteiger partial charge in [0.05, 0.1) is 31.7 Å². The highest BCUT2D eigenvalue weighted by Crippen LogP contribution is 2.48. The molecule has 0 unspecified atom stereocenters. The molecule has 0 saturated heterocycles. The number of aromatic hydroxyl groups is 1. The van der Waals surface area contributed by atoms with Crippen LogP contribution in [0.25, 0.3) is 0 Å². The number of phenols is 1. The number of phenolic OH excluding ortho intramolecular Hbond substituents is 1. The number of halogens is 5. The first-order chi connectivity index (χ1) is 14.6. The fraction of sp³-hybridized carbons (Fsp3) is 0.0556. The van der Waals surface area contributed by atoms with E-state index < -0.39 is 16.6 Å². The lowest BCUT2D eigenvalue weighted by Gasteiger charge is -2.12. The van der Waals surface area contributed by atoms with Crippen LogP contribution in [0, 0.1) is 10.1 Å². The normalized spacial score (nSPS) is 10.7. The van der Waals surface area contributed by atoms with E-state index in [1.54, 1.807) is 0 Å². The summed E-state index contributed by atoms with van der Waals surface area (Å²) in [5, 5.41) is 22.8. The molecular formula is C18H9Cl5N2O6. The largest absolute Gasteiger partial charge is 0.506 e. The number of carbonyl (C=O) groups excluding carboxylic acids is 1. The maximum atomic E-state index is 12.3. The molecule has 8 nitrogen and oxygen atoms in total. The predicted molar refractivity (Wildman–Crippen MR) is 117 cm³/mol. The van der Waals surface area contributed by atoms with Gasteiger partial charge >= 0.3 is 0 Å². The van der Waals surface area contributed by atoms with E-state index in [0.717, 1.165) is 12.1 Å². The molecule has 1 heterocycles. The van der Waals surface area contributed by atoms with Crippen molar-refractivity contribution in [2.75, 3.05) is 5.32 Å². The zero-order chi connectivity index (χ0) is 22.9. The van der Waals surface area contributed by atoms with Crippen LogP contribution in [0.15, 0.2) is 34.7 Å². The van der Waals surface area contributed by atoms with Gasteiger partial charge in [-0.2, -0.15) is 0 Å². The van der Waals surface area contributed by atoms with Crippen LogP contribution in [-0.4, -0.2) is 15.9 Å². The Morgan fingerprint density at radius 3 is 2.23 bits per heavy atom. The smallest absolute Gasteiger partial charge is 0.291 e. The standard InChI is InChI=1S/C18H9Cl5N2O6/c19-12-13(20)15(22)17(16(23)14(12)21)30-6-8-2-4-11(31-8)18(27)24-9-3-1-7(25(28)29)5-10(9)26/h1-5,26H,6H2,(H,24,27). The Morgan fingerprint density at radius 2 is 1.65 bits per heavy atom. The molecule has 162 valence electrons. The minimum Gasteiger partial charge on any atom is -0.506 e. The molecule has 0 saturated carbocycles. The van der Waals surface area contributed by atoms with E-state index in [1.807, 2.05) is 0 Å². The van der Waals surface area contributed by atoms with E-state index in [2.05, 4.69) is 5.32 Å². The van der Waals surface area contributed by atoms with Gasteiger partial charge < -0.3 is 19.6 Å². The van der Waals surface area contributed by atoms with Crippen LogP contribution in [0.1, 0.15) is 16.3 Å². The van der Waals surface area contributed by atoms with Crippen LogP contribution in [0.3, 0.4) is 0 Å². The monoisotopic (exact) mass is 524 g/mol. The van der Waals surface area contributed by atoms with Gasteiger partial charge in [-0.1, -0.05) is 58.0 Å². The van der Waals surface area contributed by atoms with Gasteiger partial charge in [0.25, 0.3) is 11.6 Å². The van der Waals surface area contributed by atoms with Gasteiger partial charge in [0.1, 0.15) is 28.2 Å². The van der Waals surface area contributed by atoms with Crippen molar-refractivity contribution in [3.63, 3.8) is 0 Å². The lowest BCUT2D eigenvalue weighted by molar-refractivity contribution is -0.384. The zero-order valence-electron chi connectivity index (χ0n) is 14.9. The molecular weight excluding hydrogens is 517 g/mol. The number of non-ortho nitro benzene ring substituents is 1. The van der Waals surface area contributed by atoms with Crippen molar-refractivity contribution in [3.8, 4) is 11.5 Å².